The lowest BCUT2D eigenvalue weighted by Crippen LogP contribution is -2.39. The Balaban J connectivity index is 1.55. The highest BCUT2D eigenvalue weighted by Crippen LogP contribution is 2.40. The van der Waals surface area contributed by atoms with E-state index in [9.17, 15) is 10.2 Å². The number of rotatable bonds is 5. The number of fused-ring (bicyclic) bond motifs is 1. The van der Waals surface area contributed by atoms with Crippen LogP contribution in [0.2, 0.25) is 5.02 Å². The third-order valence-electron chi connectivity index (χ3n) is 5.95. The molecular formula is C26H26ClNO2S. The van der Waals surface area contributed by atoms with Crippen LogP contribution in [0.25, 0.3) is 0 Å². The normalized spacial score (nSPS) is 15.5. The van der Waals surface area contributed by atoms with Gasteiger partial charge in [0.05, 0.1) is 11.0 Å². The fraction of sp³-hybridized carbons (Fsp3) is 0.269. The van der Waals surface area contributed by atoms with E-state index in [1.54, 1.807) is 12.1 Å². The number of aryl methyl sites for hydroxylation is 2. The maximum absolute atomic E-state index is 10.2. The molecule has 4 rings (SSSR count). The summed E-state index contributed by atoms with van der Waals surface area (Å²) < 4.78 is 0. The molecule has 0 bridgehead atoms. The van der Waals surface area contributed by atoms with Crippen molar-refractivity contribution in [3.8, 4) is 11.5 Å². The molecule has 1 unspecified atom stereocenters. The molecule has 160 valence electrons. The van der Waals surface area contributed by atoms with Crippen LogP contribution in [0.5, 0.6) is 11.5 Å². The van der Waals surface area contributed by atoms with Crippen LogP contribution in [0.15, 0.2) is 60.7 Å². The van der Waals surface area contributed by atoms with Gasteiger partial charge in [-0.3, -0.25) is 0 Å². The number of phenolic OH excluding ortho intramolecular Hbond substituents is 2. The largest absolute Gasteiger partial charge is 0.504 e. The first-order valence-corrected chi connectivity index (χ1v) is 11.4. The van der Waals surface area contributed by atoms with Gasteiger partial charge in [0.2, 0.25) is 0 Å². The van der Waals surface area contributed by atoms with E-state index < -0.39 is 0 Å². The fourth-order valence-electron chi connectivity index (χ4n) is 4.34. The molecule has 0 aliphatic carbocycles. The molecule has 3 nitrogen and oxygen atoms in total. The van der Waals surface area contributed by atoms with E-state index in [4.69, 9.17) is 23.8 Å². The second-order valence-electron chi connectivity index (χ2n) is 8.14. The zero-order chi connectivity index (χ0) is 22.0. The number of hydrogen-bond donors (Lipinski definition) is 2. The Labute approximate surface area is 193 Å². The summed E-state index contributed by atoms with van der Waals surface area (Å²) in [5.41, 5.74) is 5.49. The van der Waals surface area contributed by atoms with Gasteiger partial charge < -0.3 is 15.1 Å². The molecule has 3 aromatic rings. The maximum Gasteiger partial charge on any atom is 0.157 e. The van der Waals surface area contributed by atoms with Crippen LogP contribution in [-0.4, -0.2) is 26.6 Å². The summed E-state index contributed by atoms with van der Waals surface area (Å²) in [7, 11) is 0. The van der Waals surface area contributed by atoms with Crippen molar-refractivity contribution < 1.29 is 10.2 Å². The number of benzene rings is 3. The Kier molecular flexibility index (Phi) is 6.49. The third-order valence-corrected chi connectivity index (χ3v) is 6.74. The predicted octanol–water partition coefficient (Wildman–Crippen LogP) is 6.36. The summed E-state index contributed by atoms with van der Waals surface area (Å²) in [6, 6.07) is 19.7. The van der Waals surface area contributed by atoms with Gasteiger partial charge >= 0.3 is 0 Å². The van der Waals surface area contributed by atoms with Gasteiger partial charge in [-0.15, -0.1) is 0 Å². The number of nitrogens with zero attached hydrogens (tertiary/aromatic N) is 1. The van der Waals surface area contributed by atoms with Gasteiger partial charge in [0.25, 0.3) is 0 Å². The van der Waals surface area contributed by atoms with Crippen molar-refractivity contribution in [2.24, 2.45) is 0 Å². The predicted molar refractivity (Wildman–Crippen MR) is 130 cm³/mol. The smallest absolute Gasteiger partial charge is 0.157 e. The molecule has 2 N–H and O–H groups in total. The zero-order valence-electron chi connectivity index (χ0n) is 17.5. The van der Waals surface area contributed by atoms with Crippen LogP contribution >= 0.6 is 23.8 Å². The lowest BCUT2D eigenvalue weighted by molar-refractivity contribution is 0.332. The van der Waals surface area contributed by atoms with Crippen molar-refractivity contribution in [3.63, 3.8) is 0 Å². The number of halogens is 1. The minimum Gasteiger partial charge on any atom is -0.504 e. The number of aromatic hydroxyl groups is 2. The second-order valence-corrected chi connectivity index (χ2v) is 9.02. The van der Waals surface area contributed by atoms with Crippen molar-refractivity contribution >= 4 is 28.8 Å². The lowest BCUT2D eigenvalue weighted by Gasteiger charge is -2.39. The zero-order valence-corrected chi connectivity index (χ0v) is 19.1. The minimum absolute atomic E-state index is 0.0726. The molecule has 3 aromatic carbocycles. The summed E-state index contributed by atoms with van der Waals surface area (Å²) in [5, 5.41) is 20.9. The van der Waals surface area contributed by atoms with Crippen LogP contribution in [0.4, 0.5) is 0 Å². The summed E-state index contributed by atoms with van der Waals surface area (Å²) in [6.45, 7) is 2.82. The van der Waals surface area contributed by atoms with Crippen LogP contribution in [-0.2, 0) is 12.8 Å². The Hall–Kier alpha value is -2.56. The molecule has 0 fully saturated rings. The second kappa shape index (κ2) is 9.29. The highest BCUT2D eigenvalue weighted by Gasteiger charge is 2.31. The minimum atomic E-state index is -0.0959. The van der Waals surface area contributed by atoms with Gasteiger partial charge in [0.1, 0.15) is 0 Å². The summed E-state index contributed by atoms with van der Waals surface area (Å²) in [6.07, 6.45) is 3.38. The number of phenols is 2. The van der Waals surface area contributed by atoms with Crippen LogP contribution in [0.3, 0.4) is 0 Å². The van der Waals surface area contributed by atoms with Crippen LogP contribution in [0.1, 0.15) is 46.7 Å². The van der Waals surface area contributed by atoms with Gasteiger partial charge in [0.15, 0.2) is 11.5 Å². The van der Waals surface area contributed by atoms with Gasteiger partial charge in [0, 0.05) is 11.6 Å². The van der Waals surface area contributed by atoms with Crippen molar-refractivity contribution in [2.75, 3.05) is 6.54 Å². The summed E-state index contributed by atoms with van der Waals surface area (Å²) in [4.78, 5) is 3.18. The van der Waals surface area contributed by atoms with E-state index in [1.165, 1.54) is 0 Å². The molecule has 0 radical (unpaired) electrons. The molecule has 1 atom stereocenters. The van der Waals surface area contributed by atoms with Crippen molar-refractivity contribution in [1.29, 1.82) is 0 Å². The Morgan fingerprint density at radius 3 is 2.55 bits per heavy atom. The van der Waals surface area contributed by atoms with Crippen molar-refractivity contribution in [3.05, 3.63) is 93.5 Å². The molecule has 31 heavy (non-hydrogen) atoms. The molecule has 0 amide bonds. The Bertz CT molecular complexity index is 1100. The summed E-state index contributed by atoms with van der Waals surface area (Å²) in [5.74, 6) is -0.168. The molecule has 0 spiro atoms. The lowest BCUT2D eigenvalue weighted by atomic mass is 9.87. The van der Waals surface area contributed by atoms with Crippen LogP contribution in [0, 0.1) is 6.92 Å². The van der Waals surface area contributed by atoms with E-state index in [2.05, 4.69) is 29.2 Å². The number of hydrogen-bond acceptors (Lipinski definition) is 3. The van der Waals surface area contributed by atoms with Gasteiger partial charge in [-0.05, 0) is 78.6 Å². The molecule has 0 saturated carbocycles. The van der Waals surface area contributed by atoms with E-state index in [1.807, 2.05) is 31.2 Å². The maximum atomic E-state index is 10.2. The summed E-state index contributed by atoms with van der Waals surface area (Å²) >= 11 is 12.3. The Morgan fingerprint density at radius 2 is 1.81 bits per heavy atom. The van der Waals surface area contributed by atoms with Crippen molar-refractivity contribution in [1.82, 2.24) is 4.90 Å². The first kappa shape index (κ1) is 21.7. The molecular weight excluding hydrogens is 426 g/mol. The molecule has 1 aliphatic rings. The average Bonchev–Trinajstić information content (AvgIpc) is 2.76. The van der Waals surface area contributed by atoms with Gasteiger partial charge in [-0.1, -0.05) is 66.3 Å². The van der Waals surface area contributed by atoms with E-state index in [0.29, 0.717) is 0 Å². The quantitative estimate of drug-likeness (QED) is 0.350. The topological polar surface area (TPSA) is 43.7 Å². The molecule has 1 heterocycles. The molecule has 0 aromatic heterocycles. The number of thiocarbonyl (C=S) groups is 1. The standard InChI is InChI=1S/C26H26ClNO2S/c1-17-10-11-18(22(27)14-17)8-5-9-25(31)28-13-12-20-15-23(29)24(30)16-21(20)26(28)19-6-3-2-4-7-19/h2-4,6-7,10-11,14-16,26,29-30H,5,8-9,12-13H2,1H3. The van der Waals surface area contributed by atoms with E-state index >= 15 is 0 Å². The SMILES string of the molecule is Cc1ccc(CCCC(=S)N2CCc3cc(O)c(O)cc3C2c2ccccc2)c(Cl)c1. The highest BCUT2D eigenvalue weighted by molar-refractivity contribution is 7.80. The first-order valence-electron chi connectivity index (χ1n) is 10.6. The molecule has 1 aliphatic heterocycles. The third kappa shape index (κ3) is 4.70. The first-order chi connectivity index (χ1) is 14.9. The van der Waals surface area contributed by atoms with Gasteiger partial charge in [-0.2, -0.15) is 0 Å². The average molecular weight is 452 g/mol. The van der Waals surface area contributed by atoms with Crippen molar-refractivity contribution in [2.45, 2.75) is 38.6 Å². The fourth-order valence-corrected chi connectivity index (χ4v) is 5.01. The van der Waals surface area contributed by atoms with E-state index in [-0.39, 0.29) is 17.5 Å². The monoisotopic (exact) mass is 451 g/mol. The van der Waals surface area contributed by atoms with Gasteiger partial charge in [-0.25, -0.2) is 0 Å². The van der Waals surface area contributed by atoms with E-state index in [0.717, 1.165) is 70.1 Å². The molecule has 0 saturated heterocycles. The highest BCUT2D eigenvalue weighted by atomic mass is 35.5. The van der Waals surface area contributed by atoms with Crippen LogP contribution < -0.4 is 0 Å². The Morgan fingerprint density at radius 1 is 1.06 bits per heavy atom. The molecule has 5 heteroatoms.